The van der Waals surface area contributed by atoms with Crippen LogP contribution in [-0.2, 0) is 11.3 Å². The highest BCUT2D eigenvalue weighted by atomic mass is 79.9. The van der Waals surface area contributed by atoms with Gasteiger partial charge in [0.05, 0.1) is 12.2 Å². The smallest absolute Gasteiger partial charge is 0.265 e. The molecule has 124 valence electrons. The molecule has 0 atom stereocenters. The first kappa shape index (κ1) is 16.4. The fraction of sp³-hybridized carbons (Fsp3) is 0.235. The Balaban J connectivity index is 1.91. The van der Waals surface area contributed by atoms with Crippen LogP contribution in [-0.4, -0.2) is 29.4 Å². The normalized spacial score (nSPS) is 13.4. The lowest BCUT2D eigenvalue weighted by atomic mass is 10.1. The van der Waals surface area contributed by atoms with Gasteiger partial charge in [-0.25, -0.2) is 0 Å². The first-order valence-electron chi connectivity index (χ1n) is 7.46. The lowest BCUT2D eigenvalue weighted by molar-refractivity contribution is -0.121. The van der Waals surface area contributed by atoms with Crippen molar-refractivity contribution in [3.63, 3.8) is 0 Å². The van der Waals surface area contributed by atoms with Crippen LogP contribution in [0.2, 0.25) is 0 Å². The summed E-state index contributed by atoms with van der Waals surface area (Å²) in [5, 5.41) is 0. The molecule has 2 aromatic rings. The van der Waals surface area contributed by atoms with E-state index in [1.807, 2.05) is 6.92 Å². The van der Waals surface area contributed by atoms with Crippen LogP contribution in [0.3, 0.4) is 0 Å². The summed E-state index contributed by atoms with van der Waals surface area (Å²) < 4.78 is 7.45. The highest BCUT2D eigenvalue weighted by Crippen LogP contribution is 2.33. The molecular weight excluding hydrogens is 376 g/mol. The van der Waals surface area contributed by atoms with E-state index in [0.29, 0.717) is 23.5 Å². The van der Waals surface area contributed by atoms with E-state index in [-0.39, 0.29) is 30.4 Å². The summed E-state index contributed by atoms with van der Waals surface area (Å²) in [6.45, 7) is 2.29. The van der Waals surface area contributed by atoms with Gasteiger partial charge in [0.25, 0.3) is 11.5 Å². The molecule has 1 amide bonds. The second-order valence-corrected chi connectivity index (χ2v) is 6.26. The highest BCUT2D eigenvalue weighted by Gasteiger charge is 2.25. The molecule has 2 heterocycles. The third-order valence-electron chi connectivity index (χ3n) is 3.80. The number of hydrogen-bond acceptors (Lipinski definition) is 4. The lowest BCUT2D eigenvalue weighted by Crippen LogP contribution is -2.38. The van der Waals surface area contributed by atoms with Crippen LogP contribution < -0.4 is 15.2 Å². The van der Waals surface area contributed by atoms with Gasteiger partial charge in [-0.1, -0.05) is 0 Å². The first-order valence-corrected chi connectivity index (χ1v) is 8.25. The molecule has 1 aromatic carbocycles. The van der Waals surface area contributed by atoms with Crippen LogP contribution in [0.25, 0.3) is 0 Å². The predicted molar refractivity (Wildman–Crippen MR) is 92.7 cm³/mol. The van der Waals surface area contributed by atoms with E-state index in [4.69, 9.17) is 4.74 Å². The standard InChI is InChI=1S/C17H15BrN2O4/c1-2-20-13-7-11(3-5-15(13)24-10-17(20)23)14(21)9-19-8-12(18)4-6-16(19)22/h3-8H,2,9-10H2,1H3. The number of aromatic nitrogens is 1. The number of amides is 1. The first-order chi connectivity index (χ1) is 11.5. The zero-order valence-corrected chi connectivity index (χ0v) is 14.6. The van der Waals surface area contributed by atoms with Crippen molar-refractivity contribution in [3.05, 3.63) is 56.9 Å². The number of carbonyl (C=O) groups is 2. The minimum absolute atomic E-state index is 0.00156. The van der Waals surface area contributed by atoms with E-state index < -0.39 is 0 Å². The topological polar surface area (TPSA) is 68.6 Å². The fourth-order valence-electron chi connectivity index (χ4n) is 2.59. The molecule has 0 saturated heterocycles. The highest BCUT2D eigenvalue weighted by molar-refractivity contribution is 9.10. The van der Waals surface area contributed by atoms with Crippen molar-refractivity contribution in [2.75, 3.05) is 18.1 Å². The number of nitrogens with zero attached hydrogens (tertiary/aromatic N) is 2. The van der Waals surface area contributed by atoms with Crippen LogP contribution >= 0.6 is 15.9 Å². The Hall–Kier alpha value is -2.41. The van der Waals surface area contributed by atoms with E-state index in [9.17, 15) is 14.4 Å². The van der Waals surface area contributed by atoms with Crippen molar-refractivity contribution in [3.8, 4) is 5.75 Å². The third kappa shape index (κ3) is 3.12. The molecule has 1 aliphatic rings. The Bertz CT molecular complexity index is 875. The molecule has 1 aliphatic heterocycles. The van der Waals surface area contributed by atoms with Crippen LogP contribution in [0.15, 0.2) is 45.8 Å². The molecule has 7 heteroatoms. The van der Waals surface area contributed by atoms with Gasteiger partial charge < -0.3 is 14.2 Å². The molecule has 0 saturated carbocycles. The van der Waals surface area contributed by atoms with Crippen molar-refractivity contribution in [1.29, 1.82) is 0 Å². The zero-order valence-electron chi connectivity index (χ0n) is 13.0. The Labute approximate surface area is 146 Å². The number of likely N-dealkylation sites (N-methyl/N-ethyl adjacent to an activating group) is 1. The summed E-state index contributed by atoms with van der Waals surface area (Å²) in [7, 11) is 0. The maximum absolute atomic E-state index is 12.5. The number of hydrogen-bond donors (Lipinski definition) is 0. The Kier molecular flexibility index (Phi) is 4.53. The fourth-order valence-corrected chi connectivity index (χ4v) is 2.97. The van der Waals surface area contributed by atoms with Crippen molar-refractivity contribution in [2.45, 2.75) is 13.5 Å². The number of halogens is 1. The maximum Gasteiger partial charge on any atom is 0.265 e. The van der Waals surface area contributed by atoms with Gasteiger partial charge in [-0.15, -0.1) is 0 Å². The van der Waals surface area contributed by atoms with Gasteiger partial charge in [0.15, 0.2) is 12.4 Å². The second-order valence-electron chi connectivity index (χ2n) is 5.35. The SMILES string of the molecule is CCN1C(=O)COc2ccc(C(=O)Cn3cc(Br)ccc3=O)cc21. The van der Waals surface area contributed by atoms with E-state index in [2.05, 4.69) is 15.9 Å². The average Bonchev–Trinajstić information content (AvgIpc) is 2.57. The van der Waals surface area contributed by atoms with Gasteiger partial charge in [0, 0.05) is 28.8 Å². The second kappa shape index (κ2) is 6.60. The number of benzene rings is 1. The molecular formula is C17H15BrN2O4. The number of carbonyl (C=O) groups excluding carboxylic acids is 2. The predicted octanol–water partition coefficient (Wildman–Crippen LogP) is 2.24. The van der Waals surface area contributed by atoms with Crippen LogP contribution in [0.5, 0.6) is 5.75 Å². The molecule has 0 N–H and O–H groups in total. The Morgan fingerprint density at radius 3 is 2.79 bits per heavy atom. The molecule has 1 aromatic heterocycles. The van der Waals surface area contributed by atoms with E-state index in [0.717, 1.165) is 4.47 Å². The van der Waals surface area contributed by atoms with E-state index >= 15 is 0 Å². The molecule has 0 bridgehead atoms. The van der Waals surface area contributed by atoms with E-state index in [1.165, 1.54) is 10.6 Å². The molecule has 0 fully saturated rings. The monoisotopic (exact) mass is 390 g/mol. The van der Waals surface area contributed by atoms with E-state index in [1.54, 1.807) is 35.4 Å². The van der Waals surface area contributed by atoms with Gasteiger partial charge >= 0.3 is 0 Å². The summed E-state index contributed by atoms with van der Waals surface area (Å²) >= 11 is 3.28. The van der Waals surface area contributed by atoms with Crippen LogP contribution in [0, 0.1) is 0 Å². The number of ketones is 1. The Morgan fingerprint density at radius 2 is 2.04 bits per heavy atom. The summed E-state index contributed by atoms with van der Waals surface area (Å²) in [5.41, 5.74) is 0.761. The van der Waals surface area contributed by atoms with Gasteiger partial charge in [0.2, 0.25) is 0 Å². The number of rotatable bonds is 4. The Morgan fingerprint density at radius 1 is 1.25 bits per heavy atom. The minimum atomic E-state index is -0.252. The molecule has 0 unspecified atom stereocenters. The summed E-state index contributed by atoms with van der Waals surface area (Å²) in [4.78, 5) is 37.8. The largest absolute Gasteiger partial charge is 0.482 e. The zero-order chi connectivity index (χ0) is 17.3. The molecule has 6 nitrogen and oxygen atoms in total. The quantitative estimate of drug-likeness (QED) is 0.750. The van der Waals surface area contributed by atoms with Crippen LogP contribution in [0.4, 0.5) is 5.69 Å². The molecule has 24 heavy (non-hydrogen) atoms. The molecule has 0 radical (unpaired) electrons. The van der Waals surface area contributed by atoms with Crippen molar-refractivity contribution in [1.82, 2.24) is 4.57 Å². The average molecular weight is 391 g/mol. The number of pyridine rings is 1. The number of anilines is 1. The number of fused-ring (bicyclic) bond motifs is 1. The molecule has 0 spiro atoms. The van der Waals surface area contributed by atoms with Gasteiger partial charge in [0.1, 0.15) is 5.75 Å². The van der Waals surface area contributed by atoms with Gasteiger partial charge in [-0.05, 0) is 47.1 Å². The summed E-state index contributed by atoms with van der Waals surface area (Å²) in [6.07, 6.45) is 1.57. The number of ether oxygens (including phenoxy) is 1. The molecule has 0 aliphatic carbocycles. The van der Waals surface area contributed by atoms with Gasteiger partial charge in [-0.2, -0.15) is 0 Å². The molecule has 3 rings (SSSR count). The minimum Gasteiger partial charge on any atom is -0.482 e. The third-order valence-corrected chi connectivity index (χ3v) is 4.27. The summed E-state index contributed by atoms with van der Waals surface area (Å²) in [6, 6.07) is 8.00. The van der Waals surface area contributed by atoms with Crippen molar-refractivity contribution in [2.24, 2.45) is 0 Å². The lowest BCUT2D eigenvalue weighted by Gasteiger charge is -2.28. The summed E-state index contributed by atoms with van der Waals surface area (Å²) in [5.74, 6) is 0.220. The number of Topliss-reactive ketones (excluding diaryl/α,β-unsaturated/α-hetero) is 1. The van der Waals surface area contributed by atoms with Crippen molar-refractivity contribution < 1.29 is 14.3 Å². The van der Waals surface area contributed by atoms with Crippen LogP contribution in [0.1, 0.15) is 17.3 Å². The maximum atomic E-state index is 12.5. The van der Waals surface area contributed by atoms with Crippen molar-refractivity contribution >= 4 is 33.3 Å². The van der Waals surface area contributed by atoms with Gasteiger partial charge in [-0.3, -0.25) is 14.4 Å².